The smallest absolute Gasteiger partial charge is 0.248 e. The summed E-state index contributed by atoms with van der Waals surface area (Å²) in [6, 6.07) is 3.84. The van der Waals surface area contributed by atoms with Crippen LogP contribution in [0.4, 0.5) is 0 Å². The highest BCUT2D eigenvalue weighted by Gasteiger charge is 2.20. The van der Waals surface area contributed by atoms with Crippen LogP contribution in [0.25, 0.3) is 10.2 Å². The molecule has 2 aromatic rings. The second-order valence-corrected chi connectivity index (χ2v) is 7.22. The Morgan fingerprint density at radius 3 is 2.83 bits per heavy atom. The van der Waals surface area contributed by atoms with Gasteiger partial charge < -0.3 is 14.0 Å². The summed E-state index contributed by atoms with van der Waals surface area (Å²) < 4.78 is 13.7. The predicted octanol–water partition coefficient (Wildman–Crippen LogP) is 3.07. The number of carbonyl (C=O) groups is 1. The van der Waals surface area contributed by atoms with Crippen LogP contribution in [0.5, 0.6) is 11.5 Å². The minimum atomic E-state index is -0.0562. The van der Waals surface area contributed by atoms with E-state index >= 15 is 0 Å². The lowest BCUT2D eigenvalue weighted by Crippen LogP contribution is -2.17. The van der Waals surface area contributed by atoms with Crippen molar-refractivity contribution in [2.45, 2.75) is 38.6 Å². The van der Waals surface area contributed by atoms with Crippen molar-refractivity contribution < 1.29 is 14.3 Å². The van der Waals surface area contributed by atoms with Crippen LogP contribution in [0.15, 0.2) is 17.1 Å². The Labute approximate surface area is 143 Å². The van der Waals surface area contributed by atoms with Gasteiger partial charge in [-0.3, -0.25) is 4.79 Å². The zero-order valence-electron chi connectivity index (χ0n) is 13.3. The molecule has 1 aromatic carbocycles. The minimum absolute atomic E-state index is 0.0562. The molecule has 24 heavy (non-hydrogen) atoms. The van der Waals surface area contributed by atoms with Gasteiger partial charge in [-0.15, -0.1) is 6.42 Å². The van der Waals surface area contributed by atoms with Crippen LogP contribution in [0, 0.1) is 18.3 Å². The molecule has 4 rings (SSSR count). The highest BCUT2D eigenvalue weighted by Crippen LogP contribution is 2.37. The normalized spacial score (nSPS) is 17.5. The summed E-state index contributed by atoms with van der Waals surface area (Å²) in [6.07, 6.45) is 10.8. The molecule has 0 bridgehead atoms. The first-order valence-electron chi connectivity index (χ1n) is 8.18. The van der Waals surface area contributed by atoms with E-state index in [0.717, 1.165) is 28.8 Å². The fourth-order valence-corrected chi connectivity index (χ4v) is 4.46. The van der Waals surface area contributed by atoms with Crippen LogP contribution in [-0.2, 0) is 11.3 Å². The summed E-state index contributed by atoms with van der Waals surface area (Å²) in [5.74, 6) is 4.50. The van der Waals surface area contributed by atoms with E-state index in [2.05, 4.69) is 10.9 Å². The Morgan fingerprint density at radius 1 is 1.33 bits per heavy atom. The number of ether oxygens (including phenoxy) is 2. The first-order chi connectivity index (χ1) is 11.7. The molecule has 0 N–H and O–H groups in total. The summed E-state index contributed by atoms with van der Waals surface area (Å²) in [5.41, 5.74) is 0.926. The van der Waals surface area contributed by atoms with Gasteiger partial charge in [-0.2, -0.15) is 4.99 Å². The number of fused-ring (bicyclic) bond motifs is 2. The molecule has 1 aromatic heterocycles. The average molecular weight is 342 g/mol. The molecule has 6 heteroatoms. The molecule has 0 atom stereocenters. The van der Waals surface area contributed by atoms with Crippen molar-refractivity contribution in [2.24, 2.45) is 10.9 Å². The minimum Gasteiger partial charge on any atom is -0.454 e. The molecule has 124 valence electrons. The highest BCUT2D eigenvalue weighted by atomic mass is 32.1. The van der Waals surface area contributed by atoms with Crippen LogP contribution < -0.4 is 14.3 Å². The van der Waals surface area contributed by atoms with Gasteiger partial charge in [-0.1, -0.05) is 30.1 Å². The number of amides is 1. The highest BCUT2D eigenvalue weighted by molar-refractivity contribution is 7.16. The summed E-state index contributed by atoms with van der Waals surface area (Å²) in [4.78, 5) is 17.3. The van der Waals surface area contributed by atoms with Gasteiger partial charge in [-0.05, 0) is 18.8 Å². The average Bonchev–Trinajstić information content (AvgIpc) is 3.27. The van der Waals surface area contributed by atoms with E-state index in [9.17, 15) is 4.79 Å². The number of terminal acetylenes is 1. The molecule has 0 unspecified atom stereocenters. The van der Waals surface area contributed by atoms with Gasteiger partial charge in [0.15, 0.2) is 16.3 Å². The second-order valence-electron chi connectivity index (χ2n) is 6.21. The first kappa shape index (κ1) is 15.3. The zero-order valence-corrected chi connectivity index (χ0v) is 14.1. The Morgan fingerprint density at radius 2 is 2.08 bits per heavy atom. The SMILES string of the molecule is C#CCn1c(=NC(=O)CC2CCCC2)sc2cc3c(cc21)OCO3. The van der Waals surface area contributed by atoms with E-state index in [1.165, 1.54) is 24.2 Å². The molecule has 0 radical (unpaired) electrons. The summed E-state index contributed by atoms with van der Waals surface area (Å²) >= 11 is 1.46. The Hall–Kier alpha value is -2.26. The van der Waals surface area contributed by atoms with Crippen molar-refractivity contribution >= 4 is 27.5 Å². The molecular weight excluding hydrogens is 324 g/mol. The Kier molecular flexibility index (Phi) is 4.03. The number of rotatable bonds is 3. The van der Waals surface area contributed by atoms with E-state index in [1.54, 1.807) is 0 Å². The topological polar surface area (TPSA) is 52.8 Å². The summed E-state index contributed by atoms with van der Waals surface area (Å²) in [6.45, 7) is 0.605. The molecule has 5 nitrogen and oxygen atoms in total. The van der Waals surface area contributed by atoms with Crippen LogP contribution in [0.2, 0.25) is 0 Å². The maximum Gasteiger partial charge on any atom is 0.248 e. The first-order valence-corrected chi connectivity index (χ1v) is 9.00. The lowest BCUT2D eigenvalue weighted by Gasteiger charge is -2.04. The monoisotopic (exact) mass is 342 g/mol. The molecule has 2 heterocycles. The number of nitrogens with zero attached hydrogens (tertiary/aromatic N) is 2. The largest absolute Gasteiger partial charge is 0.454 e. The van der Waals surface area contributed by atoms with E-state index in [1.807, 2.05) is 16.7 Å². The van der Waals surface area contributed by atoms with Gasteiger partial charge in [0.2, 0.25) is 12.7 Å². The molecule has 0 saturated heterocycles. The molecule has 1 aliphatic heterocycles. The third-order valence-electron chi connectivity index (χ3n) is 4.58. The number of benzene rings is 1. The number of hydrogen-bond acceptors (Lipinski definition) is 4. The van der Waals surface area contributed by atoms with Gasteiger partial charge in [-0.25, -0.2) is 0 Å². The number of aromatic nitrogens is 1. The number of carbonyl (C=O) groups excluding carboxylic acids is 1. The summed E-state index contributed by atoms with van der Waals surface area (Å²) in [5, 5.41) is 0. The zero-order chi connectivity index (χ0) is 16.5. The van der Waals surface area contributed by atoms with Crippen molar-refractivity contribution in [1.29, 1.82) is 0 Å². The molecule has 1 amide bonds. The maximum atomic E-state index is 12.3. The molecule has 2 aliphatic rings. The van der Waals surface area contributed by atoms with E-state index in [4.69, 9.17) is 15.9 Å². The Bertz CT molecular complexity index is 897. The van der Waals surface area contributed by atoms with Crippen LogP contribution >= 0.6 is 11.3 Å². The maximum absolute atomic E-state index is 12.3. The van der Waals surface area contributed by atoms with Gasteiger partial charge in [0.1, 0.15) is 0 Å². The molecular formula is C18H18N2O3S. The van der Waals surface area contributed by atoms with Gasteiger partial charge in [0.25, 0.3) is 0 Å². The van der Waals surface area contributed by atoms with Gasteiger partial charge >= 0.3 is 0 Å². The van der Waals surface area contributed by atoms with Crippen molar-refractivity contribution in [3.63, 3.8) is 0 Å². The van der Waals surface area contributed by atoms with E-state index < -0.39 is 0 Å². The van der Waals surface area contributed by atoms with Crippen LogP contribution in [0.1, 0.15) is 32.1 Å². The second kappa shape index (κ2) is 6.33. The number of thiazole rings is 1. The third-order valence-corrected chi connectivity index (χ3v) is 5.63. The van der Waals surface area contributed by atoms with E-state index in [-0.39, 0.29) is 12.7 Å². The molecule has 1 aliphatic carbocycles. The van der Waals surface area contributed by atoms with Gasteiger partial charge in [0.05, 0.1) is 16.8 Å². The standard InChI is InChI=1S/C18H18N2O3S/c1-2-7-20-13-9-14-15(23-11-22-14)10-16(13)24-18(20)19-17(21)8-12-5-3-4-6-12/h1,9-10,12H,3-8,11H2. The van der Waals surface area contributed by atoms with Crippen molar-refractivity contribution in [1.82, 2.24) is 4.57 Å². The van der Waals surface area contributed by atoms with Crippen LogP contribution in [-0.4, -0.2) is 17.3 Å². The predicted molar refractivity (Wildman–Crippen MR) is 91.9 cm³/mol. The van der Waals surface area contributed by atoms with Gasteiger partial charge in [0, 0.05) is 18.6 Å². The van der Waals surface area contributed by atoms with E-state index in [0.29, 0.717) is 29.4 Å². The lowest BCUT2D eigenvalue weighted by molar-refractivity contribution is -0.118. The molecule has 1 saturated carbocycles. The van der Waals surface area contributed by atoms with Crippen molar-refractivity contribution in [3.05, 3.63) is 16.9 Å². The summed E-state index contributed by atoms with van der Waals surface area (Å²) in [7, 11) is 0. The van der Waals surface area contributed by atoms with Crippen molar-refractivity contribution in [3.8, 4) is 23.8 Å². The Balaban J connectivity index is 1.73. The fraction of sp³-hybridized carbons (Fsp3) is 0.444. The fourth-order valence-electron chi connectivity index (χ4n) is 3.40. The molecule has 0 spiro atoms. The van der Waals surface area contributed by atoms with Crippen LogP contribution in [0.3, 0.4) is 0 Å². The number of hydrogen-bond donors (Lipinski definition) is 0. The quantitative estimate of drug-likeness (QED) is 0.806. The third kappa shape index (κ3) is 2.80. The van der Waals surface area contributed by atoms with Crippen molar-refractivity contribution in [2.75, 3.05) is 6.79 Å². The lowest BCUT2D eigenvalue weighted by atomic mass is 10.0. The molecule has 1 fully saturated rings.